The maximum Gasteiger partial charge on any atom is 0.631 e. The minimum atomic E-state index is -2.17. The summed E-state index contributed by atoms with van der Waals surface area (Å²) in [6, 6.07) is 0. The summed E-state index contributed by atoms with van der Waals surface area (Å²) >= 11 is 0. The Balaban J connectivity index is -0.000000155. The Morgan fingerprint density at radius 3 is 1.13 bits per heavy atom. The van der Waals surface area contributed by atoms with Gasteiger partial charge in [-0.3, -0.25) is 0 Å². The molecular formula is C8H23BO6. The molecule has 0 saturated heterocycles. The fourth-order valence-corrected chi connectivity index (χ4v) is 0.0500. The van der Waals surface area contributed by atoms with Crippen molar-refractivity contribution in [2.24, 2.45) is 5.41 Å². The van der Waals surface area contributed by atoms with Crippen LogP contribution in [0.2, 0.25) is 0 Å². The Hall–Kier alpha value is -0.175. The van der Waals surface area contributed by atoms with Crippen LogP contribution in [0.25, 0.3) is 0 Å². The second-order valence-electron chi connectivity index (χ2n) is 3.92. The summed E-state index contributed by atoms with van der Waals surface area (Å²) in [4.78, 5) is 0. The highest BCUT2D eigenvalue weighted by atomic mass is 16.5. The third-order valence-corrected chi connectivity index (χ3v) is 0.856. The highest BCUT2D eigenvalue weighted by Crippen LogP contribution is 2.10. The predicted octanol–water partition coefficient (Wildman–Crippen LogP) is -1.67. The van der Waals surface area contributed by atoms with Gasteiger partial charge in [-0.2, -0.15) is 0 Å². The van der Waals surface area contributed by atoms with Gasteiger partial charge in [-0.05, 0) is 13.8 Å². The van der Waals surface area contributed by atoms with Gasteiger partial charge in [-0.25, -0.2) is 0 Å². The normalized spacial score (nSPS) is 9.80. The average molecular weight is 226 g/mol. The van der Waals surface area contributed by atoms with Crippen molar-refractivity contribution in [3.05, 3.63) is 0 Å². The zero-order chi connectivity index (χ0) is 13.1. The highest BCUT2D eigenvalue weighted by molar-refractivity contribution is 6.30. The summed E-state index contributed by atoms with van der Waals surface area (Å²) in [6.45, 7) is 7.13. The lowest BCUT2D eigenvalue weighted by Crippen LogP contribution is -2.20. The maximum atomic E-state index is 8.43. The minimum Gasteiger partial charge on any atom is -0.402 e. The Labute approximate surface area is 91.0 Å². The first kappa shape index (κ1) is 20.3. The average Bonchev–Trinajstić information content (AvgIpc) is 2.02. The molecule has 6 N–H and O–H groups in total. The Morgan fingerprint density at radius 1 is 1.00 bits per heavy atom. The molecule has 0 aromatic carbocycles. The molecule has 0 amide bonds. The van der Waals surface area contributed by atoms with Crippen molar-refractivity contribution in [3.63, 3.8) is 0 Å². The topological polar surface area (TPSA) is 121 Å². The summed E-state index contributed by atoms with van der Waals surface area (Å²) in [7, 11) is -2.17. The molecule has 6 nitrogen and oxygen atoms in total. The molecule has 0 saturated carbocycles. The second-order valence-corrected chi connectivity index (χ2v) is 3.92. The SMILES string of the molecule is CC(C)(CO)CO.CC(C)O.OB(O)O. The van der Waals surface area contributed by atoms with E-state index in [1.54, 1.807) is 27.7 Å². The first-order valence-electron chi connectivity index (χ1n) is 4.53. The van der Waals surface area contributed by atoms with Crippen molar-refractivity contribution in [1.82, 2.24) is 0 Å². The van der Waals surface area contributed by atoms with Gasteiger partial charge in [0.05, 0.1) is 13.2 Å². The van der Waals surface area contributed by atoms with E-state index in [4.69, 9.17) is 30.4 Å². The largest absolute Gasteiger partial charge is 0.631 e. The number of aliphatic hydroxyl groups is 3. The zero-order valence-electron chi connectivity index (χ0n) is 9.75. The monoisotopic (exact) mass is 226 g/mol. The lowest BCUT2D eigenvalue weighted by Gasteiger charge is -2.16. The third-order valence-electron chi connectivity index (χ3n) is 0.856. The van der Waals surface area contributed by atoms with Crippen LogP contribution in [0.1, 0.15) is 27.7 Å². The molecule has 0 aliphatic rings. The Bertz CT molecular complexity index is 100. The molecule has 0 radical (unpaired) electrons. The first-order chi connectivity index (χ1) is 6.59. The van der Waals surface area contributed by atoms with E-state index < -0.39 is 7.32 Å². The van der Waals surface area contributed by atoms with Crippen LogP contribution < -0.4 is 0 Å². The van der Waals surface area contributed by atoms with Crippen molar-refractivity contribution in [3.8, 4) is 0 Å². The Morgan fingerprint density at radius 2 is 1.13 bits per heavy atom. The van der Waals surface area contributed by atoms with E-state index in [0.717, 1.165) is 0 Å². The van der Waals surface area contributed by atoms with E-state index in [1.165, 1.54) is 0 Å². The van der Waals surface area contributed by atoms with Gasteiger partial charge in [-0.1, -0.05) is 13.8 Å². The summed E-state index contributed by atoms with van der Waals surface area (Å²) in [5.74, 6) is 0. The fraction of sp³-hybridized carbons (Fsp3) is 1.00. The van der Waals surface area contributed by atoms with Crippen molar-refractivity contribution in [2.45, 2.75) is 33.8 Å². The van der Waals surface area contributed by atoms with Crippen LogP contribution in [-0.4, -0.2) is 57.0 Å². The third kappa shape index (κ3) is 57.0. The number of rotatable bonds is 2. The van der Waals surface area contributed by atoms with Crippen LogP contribution >= 0.6 is 0 Å². The molecular weight excluding hydrogens is 203 g/mol. The summed E-state index contributed by atoms with van der Waals surface area (Å²) < 4.78 is 0. The number of hydrogen-bond acceptors (Lipinski definition) is 6. The van der Waals surface area contributed by atoms with E-state index in [2.05, 4.69) is 0 Å². The van der Waals surface area contributed by atoms with Crippen LogP contribution in [0.3, 0.4) is 0 Å². The van der Waals surface area contributed by atoms with Crippen LogP contribution in [0.15, 0.2) is 0 Å². The van der Waals surface area contributed by atoms with E-state index in [1.807, 2.05) is 0 Å². The number of hydrogen-bond donors (Lipinski definition) is 6. The van der Waals surface area contributed by atoms with Gasteiger partial charge in [0.1, 0.15) is 0 Å². The molecule has 15 heavy (non-hydrogen) atoms. The smallest absolute Gasteiger partial charge is 0.402 e. The molecule has 0 aliphatic carbocycles. The maximum absolute atomic E-state index is 8.43. The molecule has 7 heteroatoms. The lowest BCUT2D eigenvalue weighted by molar-refractivity contribution is 0.0857. The molecule has 94 valence electrons. The summed E-state index contributed by atoms with van der Waals surface area (Å²) in [6.07, 6.45) is -0.167. The molecule has 0 heterocycles. The first-order valence-corrected chi connectivity index (χ1v) is 4.53. The van der Waals surface area contributed by atoms with Gasteiger partial charge in [-0.15, -0.1) is 0 Å². The Kier molecular flexibility index (Phi) is 16.1. The highest BCUT2D eigenvalue weighted by Gasteiger charge is 2.13. The molecule has 0 aromatic heterocycles. The molecule has 0 rings (SSSR count). The van der Waals surface area contributed by atoms with Crippen LogP contribution in [-0.2, 0) is 0 Å². The van der Waals surface area contributed by atoms with Crippen molar-refractivity contribution < 1.29 is 30.4 Å². The van der Waals surface area contributed by atoms with Gasteiger partial charge >= 0.3 is 7.32 Å². The van der Waals surface area contributed by atoms with Crippen molar-refractivity contribution >= 4 is 7.32 Å². The molecule has 0 spiro atoms. The van der Waals surface area contributed by atoms with Crippen LogP contribution in [0.4, 0.5) is 0 Å². The fourth-order valence-electron chi connectivity index (χ4n) is 0.0500. The molecule has 0 aliphatic heterocycles. The van der Waals surface area contributed by atoms with Crippen LogP contribution in [0.5, 0.6) is 0 Å². The molecule has 0 unspecified atom stereocenters. The standard InChI is InChI=1S/C5H12O2.C3H8O.BH3O3/c1-5(2,3-6)4-7;1-3(2)4;2-1(3)4/h6-7H,3-4H2,1-2H3;3-4H,1-2H3;2-4H. The minimum absolute atomic E-state index is 0.0451. The van der Waals surface area contributed by atoms with E-state index >= 15 is 0 Å². The van der Waals surface area contributed by atoms with Gasteiger partial charge < -0.3 is 30.4 Å². The van der Waals surface area contributed by atoms with Gasteiger partial charge in [0.2, 0.25) is 0 Å². The van der Waals surface area contributed by atoms with E-state index in [9.17, 15) is 0 Å². The second kappa shape index (κ2) is 11.9. The van der Waals surface area contributed by atoms with E-state index in [0.29, 0.717) is 0 Å². The summed E-state index contributed by atoms with van der Waals surface area (Å²) in [5.41, 5.74) is -0.306. The molecule has 0 bridgehead atoms. The lowest BCUT2D eigenvalue weighted by atomic mass is 9.97. The molecule has 0 fully saturated rings. The number of aliphatic hydroxyl groups excluding tert-OH is 3. The van der Waals surface area contributed by atoms with Gasteiger partial charge in [0.15, 0.2) is 0 Å². The molecule has 0 aromatic rings. The van der Waals surface area contributed by atoms with Crippen LogP contribution in [0, 0.1) is 5.41 Å². The zero-order valence-corrected chi connectivity index (χ0v) is 9.75. The van der Waals surface area contributed by atoms with Crippen molar-refractivity contribution in [1.29, 1.82) is 0 Å². The van der Waals surface area contributed by atoms with E-state index in [-0.39, 0.29) is 24.7 Å². The van der Waals surface area contributed by atoms with Crippen molar-refractivity contribution in [2.75, 3.05) is 13.2 Å². The quantitative estimate of drug-likeness (QED) is 0.313. The summed E-state index contributed by atoms with van der Waals surface area (Å²) in [5, 5.41) is 46.4. The molecule has 0 atom stereocenters. The predicted molar refractivity (Wildman–Crippen MR) is 57.7 cm³/mol. The van der Waals surface area contributed by atoms with Gasteiger partial charge in [0, 0.05) is 11.5 Å². The van der Waals surface area contributed by atoms with Gasteiger partial charge in [0.25, 0.3) is 0 Å².